The summed E-state index contributed by atoms with van der Waals surface area (Å²) in [5, 5.41) is 5.07. The Morgan fingerprint density at radius 2 is 1.96 bits per heavy atom. The SMILES string of the molecule is COC(=O)Nc1cc2c(cc1Br)N(C)C(=O)[C@@H](NC(=O)OC(C)(C)C)CO2. The van der Waals surface area contributed by atoms with Crippen LogP contribution in [0.25, 0.3) is 0 Å². The Morgan fingerprint density at radius 3 is 2.56 bits per heavy atom. The van der Waals surface area contributed by atoms with Gasteiger partial charge in [0.15, 0.2) is 0 Å². The third-order valence-electron chi connectivity index (χ3n) is 3.56. The number of methoxy groups -OCH3 is 1. The number of nitrogens with one attached hydrogen (secondary N) is 2. The molecule has 1 atom stereocenters. The van der Waals surface area contributed by atoms with Gasteiger partial charge in [0.05, 0.1) is 18.5 Å². The first-order valence-corrected chi connectivity index (χ1v) is 8.89. The monoisotopic (exact) mass is 443 g/mol. The molecule has 1 heterocycles. The number of halogens is 1. The highest BCUT2D eigenvalue weighted by Gasteiger charge is 2.32. The molecule has 1 aromatic rings. The summed E-state index contributed by atoms with van der Waals surface area (Å²) < 4.78 is 16.0. The van der Waals surface area contributed by atoms with Crippen molar-refractivity contribution in [1.29, 1.82) is 0 Å². The van der Waals surface area contributed by atoms with Crippen LogP contribution >= 0.6 is 15.9 Å². The number of fused-ring (bicyclic) bond motifs is 1. The average molecular weight is 444 g/mol. The quantitative estimate of drug-likeness (QED) is 0.727. The van der Waals surface area contributed by atoms with E-state index in [0.29, 0.717) is 21.6 Å². The zero-order valence-electron chi connectivity index (χ0n) is 15.7. The number of nitrogens with zero attached hydrogens (tertiary/aromatic N) is 1. The molecule has 0 aromatic heterocycles. The van der Waals surface area contributed by atoms with E-state index in [1.54, 1.807) is 40.0 Å². The van der Waals surface area contributed by atoms with E-state index >= 15 is 0 Å². The van der Waals surface area contributed by atoms with Gasteiger partial charge in [-0.2, -0.15) is 0 Å². The molecule has 0 saturated carbocycles. The first kappa shape index (κ1) is 20.8. The molecule has 9 nitrogen and oxygen atoms in total. The van der Waals surface area contributed by atoms with Crippen LogP contribution in [0, 0.1) is 0 Å². The van der Waals surface area contributed by atoms with Gasteiger partial charge in [-0.3, -0.25) is 10.1 Å². The van der Waals surface area contributed by atoms with Crippen molar-refractivity contribution in [3.63, 3.8) is 0 Å². The summed E-state index contributed by atoms with van der Waals surface area (Å²) in [6.07, 6.45) is -1.35. The lowest BCUT2D eigenvalue weighted by atomic mass is 10.2. The molecule has 1 aliphatic rings. The summed E-state index contributed by atoms with van der Waals surface area (Å²) in [5.74, 6) is 0.00845. The van der Waals surface area contributed by atoms with Gasteiger partial charge in [-0.05, 0) is 42.8 Å². The number of anilines is 2. The molecule has 0 aliphatic carbocycles. The zero-order valence-corrected chi connectivity index (χ0v) is 17.3. The molecule has 148 valence electrons. The van der Waals surface area contributed by atoms with Crippen LogP contribution in [0.5, 0.6) is 5.75 Å². The number of rotatable bonds is 2. The van der Waals surface area contributed by atoms with E-state index < -0.39 is 23.8 Å². The summed E-state index contributed by atoms with van der Waals surface area (Å²) in [6.45, 7) is 5.10. The van der Waals surface area contributed by atoms with Crippen LogP contribution in [-0.4, -0.2) is 50.5 Å². The maximum atomic E-state index is 12.7. The molecule has 27 heavy (non-hydrogen) atoms. The molecule has 0 saturated heterocycles. The highest BCUT2D eigenvalue weighted by Crippen LogP contribution is 2.38. The minimum absolute atomic E-state index is 0.0886. The summed E-state index contributed by atoms with van der Waals surface area (Å²) >= 11 is 3.34. The first-order valence-electron chi connectivity index (χ1n) is 8.10. The molecule has 0 unspecified atom stereocenters. The maximum absolute atomic E-state index is 12.7. The fourth-order valence-electron chi connectivity index (χ4n) is 2.33. The van der Waals surface area contributed by atoms with E-state index in [0.717, 1.165) is 0 Å². The van der Waals surface area contributed by atoms with Crippen LogP contribution in [0.4, 0.5) is 21.0 Å². The Kier molecular flexibility index (Phi) is 6.19. The first-order chi connectivity index (χ1) is 12.5. The van der Waals surface area contributed by atoms with Crippen LogP contribution in [0.15, 0.2) is 16.6 Å². The van der Waals surface area contributed by atoms with Crippen molar-refractivity contribution in [2.24, 2.45) is 0 Å². The van der Waals surface area contributed by atoms with Crippen molar-refractivity contribution >= 4 is 45.4 Å². The Bertz CT molecular complexity index is 762. The second-order valence-electron chi connectivity index (χ2n) is 6.82. The minimum Gasteiger partial charge on any atom is -0.489 e. The summed E-state index contributed by atoms with van der Waals surface area (Å²) in [4.78, 5) is 37.5. The standard InChI is InChI=1S/C17H22BrN3O6/c1-17(2,3)27-16(24)20-11-8-26-13-7-10(19-15(23)25-5)9(18)6-12(13)21(4)14(11)22/h6-7,11H,8H2,1-5H3,(H,19,23)(H,20,24)/t11-/m0/s1. The molecular weight excluding hydrogens is 422 g/mol. The number of benzene rings is 1. The van der Waals surface area contributed by atoms with Gasteiger partial charge < -0.3 is 24.4 Å². The van der Waals surface area contributed by atoms with Crippen molar-refractivity contribution in [2.75, 3.05) is 31.0 Å². The van der Waals surface area contributed by atoms with Crippen molar-refractivity contribution in [3.05, 3.63) is 16.6 Å². The number of ether oxygens (including phenoxy) is 3. The molecule has 0 bridgehead atoms. The van der Waals surface area contributed by atoms with Crippen LogP contribution in [-0.2, 0) is 14.3 Å². The summed E-state index contributed by atoms with van der Waals surface area (Å²) in [5.41, 5.74) is 0.211. The smallest absolute Gasteiger partial charge is 0.411 e. The van der Waals surface area contributed by atoms with Crippen molar-refractivity contribution < 1.29 is 28.6 Å². The number of amides is 3. The fraction of sp³-hybridized carbons (Fsp3) is 0.471. The molecule has 0 radical (unpaired) electrons. The second kappa shape index (κ2) is 8.03. The molecule has 1 aromatic carbocycles. The predicted molar refractivity (Wildman–Crippen MR) is 102 cm³/mol. The van der Waals surface area contributed by atoms with Crippen molar-refractivity contribution in [2.45, 2.75) is 32.4 Å². The van der Waals surface area contributed by atoms with Gasteiger partial charge in [0.2, 0.25) is 0 Å². The van der Waals surface area contributed by atoms with E-state index in [1.807, 2.05) is 0 Å². The van der Waals surface area contributed by atoms with Gasteiger partial charge in [0, 0.05) is 17.6 Å². The van der Waals surface area contributed by atoms with Crippen LogP contribution < -0.4 is 20.3 Å². The average Bonchev–Trinajstić information content (AvgIpc) is 2.66. The number of alkyl carbamates (subject to hydrolysis) is 1. The third-order valence-corrected chi connectivity index (χ3v) is 4.21. The zero-order chi connectivity index (χ0) is 20.4. The number of hydrogen-bond donors (Lipinski definition) is 2. The van der Waals surface area contributed by atoms with E-state index in [-0.39, 0.29) is 12.5 Å². The Morgan fingerprint density at radius 1 is 1.30 bits per heavy atom. The number of hydrogen-bond acceptors (Lipinski definition) is 6. The topological polar surface area (TPSA) is 106 Å². The Balaban J connectivity index is 2.23. The molecule has 10 heteroatoms. The van der Waals surface area contributed by atoms with Crippen molar-refractivity contribution in [1.82, 2.24) is 5.32 Å². The number of likely N-dealkylation sites (N-methyl/N-ethyl adjacent to an activating group) is 1. The van der Waals surface area contributed by atoms with E-state index in [1.165, 1.54) is 12.0 Å². The molecular formula is C17H22BrN3O6. The molecule has 3 amide bonds. The van der Waals surface area contributed by atoms with Gasteiger partial charge in [-0.15, -0.1) is 0 Å². The largest absolute Gasteiger partial charge is 0.489 e. The predicted octanol–water partition coefficient (Wildman–Crippen LogP) is 2.88. The fourth-order valence-corrected chi connectivity index (χ4v) is 2.76. The van der Waals surface area contributed by atoms with Gasteiger partial charge in [0.1, 0.15) is 24.0 Å². The maximum Gasteiger partial charge on any atom is 0.411 e. The molecule has 1 aliphatic heterocycles. The van der Waals surface area contributed by atoms with E-state index in [9.17, 15) is 14.4 Å². The lowest BCUT2D eigenvalue weighted by Crippen LogP contribution is -2.50. The number of carbonyl (C=O) groups is 3. The highest BCUT2D eigenvalue weighted by atomic mass is 79.9. The molecule has 2 N–H and O–H groups in total. The van der Waals surface area contributed by atoms with Gasteiger partial charge in [-0.25, -0.2) is 9.59 Å². The minimum atomic E-state index is -0.923. The van der Waals surface area contributed by atoms with Crippen molar-refractivity contribution in [3.8, 4) is 5.75 Å². The lowest BCUT2D eigenvalue weighted by molar-refractivity contribution is -0.120. The second-order valence-corrected chi connectivity index (χ2v) is 7.68. The lowest BCUT2D eigenvalue weighted by Gasteiger charge is -2.23. The van der Waals surface area contributed by atoms with Gasteiger partial charge in [0.25, 0.3) is 5.91 Å². The van der Waals surface area contributed by atoms with Gasteiger partial charge >= 0.3 is 12.2 Å². The normalized spacial score (nSPS) is 16.6. The molecule has 2 rings (SSSR count). The van der Waals surface area contributed by atoms with E-state index in [2.05, 4.69) is 31.3 Å². The highest BCUT2D eigenvalue weighted by molar-refractivity contribution is 9.10. The van der Waals surface area contributed by atoms with Gasteiger partial charge in [-0.1, -0.05) is 0 Å². The Hall–Kier alpha value is -2.49. The number of carbonyl (C=O) groups excluding carboxylic acids is 3. The molecule has 0 fully saturated rings. The molecule has 0 spiro atoms. The Labute approximate surface area is 165 Å². The van der Waals surface area contributed by atoms with E-state index in [4.69, 9.17) is 9.47 Å². The third kappa shape index (κ3) is 5.25. The van der Waals surface area contributed by atoms with Crippen LogP contribution in [0.2, 0.25) is 0 Å². The van der Waals surface area contributed by atoms with Crippen LogP contribution in [0.1, 0.15) is 20.8 Å². The van der Waals surface area contributed by atoms with Crippen LogP contribution in [0.3, 0.4) is 0 Å². The summed E-state index contributed by atoms with van der Waals surface area (Å²) in [7, 11) is 2.82. The summed E-state index contributed by atoms with van der Waals surface area (Å²) in [6, 6.07) is 2.28.